The Bertz CT molecular complexity index is 1310. The quantitative estimate of drug-likeness (QED) is 0.384. The van der Waals surface area contributed by atoms with Gasteiger partial charge in [-0.3, -0.25) is 9.59 Å². The van der Waals surface area contributed by atoms with Crippen LogP contribution in [0.5, 0.6) is 5.75 Å². The molecule has 228 valence electrons. The fraction of sp³-hybridized carbons (Fsp3) is 0.548. The molecule has 3 fully saturated rings. The Morgan fingerprint density at radius 2 is 1.69 bits per heavy atom. The summed E-state index contributed by atoms with van der Waals surface area (Å²) in [5, 5.41) is 0. The van der Waals surface area contributed by atoms with Crippen LogP contribution in [0.3, 0.4) is 0 Å². The third-order valence-corrected chi connectivity index (χ3v) is 9.17. The number of carbonyl (C=O) groups excluding carboxylic acids is 2. The average molecular weight is 594 g/mol. The lowest BCUT2D eigenvalue weighted by molar-refractivity contribution is -0.256. The zero-order valence-corrected chi connectivity index (χ0v) is 23.4. The van der Waals surface area contributed by atoms with Crippen molar-refractivity contribution in [2.45, 2.75) is 57.2 Å². The number of nitrogens with two attached hydrogens (primary N) is 1. The fourth-order valence-electron chi connectivity index (χ4n) is 6.40. The second kappa shape index (κ2) is 12.3. The van der Waals surface area contributed by atoms with Crippen molar-refractivity contribution in [3.63, 3.8) is 0 Å². The van der Waals surface area contributed by atoms with Crippen molar-refractivity contribution in [3.8, 4) is 16.9 Å². The molecule has 11 heteroatoms. The molecular weight excluding hydrogens is 557 g/mol. The van der Waals surface area contributed by atoms with E-state index in [4.69, 9.17) is 10.5 Å². The monoisotopic (exact) mass is 593 g/mol. The summed E-state index contributed by atoms with van der Waals surface area (Å²) in [4.78, 5) is 28.4. The summed E-state index contributed by atoms with van der Waals surface area (Å²) in [5.74, 6) is -1.93. The van der Waals surface area contributed by atoms with Gasteiger partial charge < -0.3 is 20.3 Å². The Kier molecular flexibility index (Phi) is 8.89. The second-order valence-corrected chi connectivity index (χ2v) is 11.8. The highest BCUT2D eigenvalue weighted by molar-refractivity contribution is 5.99. The first-order valence-electron chi connectivity index (χ1n) is 14.6. The number of piperidine rings is 1. The van der Waals surface area contributed by atoms with E-state index in [2.05, 4.69) is 0 Å². The number of hydrogen-bond donors (Lipinski definition) is 1. The molecule has 6 nitrogen and oxygen atoms in total. The van der Waals surface area contributed by atoms with Gasteiger partial charge in [-0.2, -0.15) is 13.2 Å². The van der Waals surface area contributed by atoms with Crippen molar-refractivity contribution in [3.05, 3.63) is 53.6 Å². The standard InChI is InChI=1S/C31H36F5N3O3/c32-24-16-22(29(41)39-12-1-3-26(39)27(40)17-37)4-6-23(24)21-5-7-28(25(33)15-21)42-18-20-8-13-38(14-9-20)19-30(10-2-11-30)31(34,35)36/h4-7,15-16,20,26H,1-3,8-14,17-19,37H2/t26-/m0/s1. The fourth-order valence-corrected chi connectivity index (χ4v) is 6.40. The maximum absolute atomic E-state index is 15.1. The molecule has 5 rings (SSSR count). The van der Waals surface area contributed by atoms with E-state index in [0.717, 1.165) is 6.07 Å². The number of likely N-dealkylation sites (tertiary alicyclic amines) is 2. The van der Waals surface area contributed by atoms with E-state index in [9.17, 15) is 27.2 Å². The minimum Gasteiger partial charge on any atom is -0.490 e. The van der Waals surface area contributed by atoms with E-state index in [0.29, 0.717) is 51.7 Å². The zero-order valence-electron chi connectivity index (χ0n) is 23.4. The van der Waals surface area contributed by atoms with Crippen LogP contribution in [-0.2, 0) is 4.79 Å². The van der Waals surface area contributed by atoms with E-state index >= 15 is 4.39 Å². The van der Waals surface area contributed by atoms with Gasteiger partial charge >= 0.3 is 6.18 Å². The molecule has 0 bridgehead atoms. The van der Waals surface area contributed by atoms with Crippen LogP contribution >= 0.6 is 0 Å². The summed E-state index contributed by atoms with van der Waals surface area (Å²) in [5.41, 5.74) is 4.38. The van der Waals surface area contributed by atoms with Crippen molar-refractivity contribution in [2.24, 2.45) is 17.1 Å². The molecule has 2 aromatic carbocycles. The predicted molar refractivity (Wildman–Crippen MR) is 147 cm³/mol. The van der Waals surface area contributed by atoms with Crippen LogP contribution in [-0.4, -0.2) is 73.0 Å². The topological polar surface area (TPSA) is 75.9 Å². The summed E-state index contributed by atoms with van der Waals surface area (Å²) < 4.78 is 76.3. The van der Waals surface area contributed by atoms with Gasteiger partial charge in [0, 0.05) is 24.2 Å². The first-order chi connectivity index (χ1) is 20.0. The summed E-state index contributed by atoms with van der Waals surface area (Å²) in [6.07, 6.45) is -0.653. The number of halogens is 5. The Morgan fingerprint density at radius 3 is 2.29 bits per heavy atom. The van der Waals surface area contributed by atoms with E-state index in [1.165, 1.54) is 35.2 Å². The normalized spacial score (nSPS) is 21.3. The minimum absolute atomic E-state index is 0.0172. The number of alkyl halides is 3. The molecule has 2 aromatic rings. The van der Waals surface area contributed by atoms with Crippen LogP contribution in [0.1, 0.15) is 55.3 Å². The summed E-state index contributed by atoms with van der Waals surface area (Å²) in [7, 11) is 0. The van der Waals surface area contributed by atoms with Crippen LogP contribution in [0, 0.1) is 23.0 Å². The molecule has 2 saturated heterocycles. The van der Waals surface area contributed by atoms with E-state index in [1.807, 2.05) is 4.90 Å². The van der Waals surface area contributed by atoms with Gasteiger partial charge in [-0.25, -0.2) is 8.78 Å². The molecule has 0 aromatic heterocycles. The number of rotatable bonds is 9. The molecule has 2 heterocycles. The minimum atomic E-state index is -4.18. The highest BCUT2D eigenvalue weighted by Crippen LogP contribution is 2.53. The van der Waals surface area contributed by atoms with E-state index in [-0.39, 0.29) is 66.7 Å². The molecule has 1 aliphatic carbocycles. The third-order valence-electron chi connectivity index (χ3n) is 9.17. The Labute approximate surface area is 242 Å². The molecule has 0 radical (unpaired) electrons. The van der Waals surface area contributed by atoms with Crippen molar-refractivity contribution >= 4 is 11.7 Å². The van der Waals surface area contributed by atoms with Crippen LogP contribution in [0.15, 0.2) is 36.4 Å². The molecule has 2 aliphatic heterocycles. The van der Waals surface area contributed by atoms with Gasteiger partial charge in [0.2, 0.25) is 0 Å². The number of carbonyl (C=O) groups is 2. The SMILES string of the molecule is NCC(=O)[C@@H]1CCCN1C(=O)c1ccc(-c2ccc(OCC3CCN(CC4(C(F)(F)F)CCC4)CC3)c(F)c2)c(F)c1. The first-order valence-corrected chi connectivity index (χ1v) is 14.6. The number of amides is 1. The van der Waals surface area contributed by atoms with Crippen LogP contribution in [0.25, 0.3) is 11.1 Å². The molecule has 1 atom stereocenters. The van der Waals surface area contributed by atoms with Crippen molar-refractivity contribution in [1.29, 1.82) is 0 Å². The number of benzene rings is 2. The lowest BCUT2D eigenvalue weighted by atomic mass is 9.67. The molecular formula is C31H36F5N3O3. The Balaban J connectivity index is 1.16. The highest BCUT2D eigenvalue weighted by atomic mass is 19.4. The smallest absolute Gasteiger partial charge is 0.395 e. The van der Waals surface area contributed by atoms with Crippen molar-refractivity contribution < 1.29 is 36.3 Å². The van der Waals surface area contributed by atoms with Gasteiger partial charge in [0.25, 0.3) is 5.91 Å². The summed E-state index contributed by atoms with van der Waals surface area (Å²) in [6, 6.07) is 7.49. The zero-order chi connectivity index (χ0) is 30.1. The molecule has 0 unspecified atom stereocenters. The summed E-state index contributed by atoms with van der Waals surface area (Å²) >= 11 is 0. The lowest BCUT2D eigenvalue weighted by Gasteiger charge is -2.47. The van der Waals surface area contributed by atoms with Gasteiger partial charge in [0.05, 0.1) is 24.6 Å². The number of hydrogen-bond acceptors (Lipinski definition) is 5. The third kappa shape index (κ3) is 6.17. The largest absolute Gasteiger partial charge is 0.490 e. The number of ether oxygens (including phenoxy) is 1. The average Bonchev–Trinajstić information content (AvgIpc) is 3.43. The number of nitrogens with zero attached hydrogens (tertiary/aromatic N) is 2. The lowest BCUT2D eigenvalue weighted by Crippen LogP contribution is -2.53. The molecule has 2 N–H and O–H groups in total. The maximum Gasteiger partial charge on any atom is 0.395 e. The van der Waals surface area contributed by atoms with Crippen LogP contribution in [0.2, 0.25) is 0 Å². The Morgan fingerprint density at radius 1 is 0.952 bits per heavy atom. The van der Waals surface area contributed by atoms with E-state index in [1.54, 1.807) is 0 Å². The van der Waals surface area contributed by atoms with Gasteiger partial charge in [-0.05, 0) is 87.4 Å². The number of Topliss-reactive ketones (excluding diaryl/α,β-unsaturated/α-hetero) is 1. The molecule has 0 spiro atoms. The van der Waals surface area contributed by atoms with Crippen molar-refractivity contribution in [2.75, 3.05) is 39.3 Å². The highest BCUT2D eigenvalue weighted by Gasteiger charge is 2.58. The molecule has 1 saturated carbocycles. The van der Waals surface area contributed by atoms with Gasteiger partial charge in [0.15, 0.2) is 17.3 Å². The molecule has 3 aliphatic rings. The first kappa shape index (κ1) is 30.4. The Hall–Kier alpha value is -3.05. The van der Waals surface area contributed by atoms with Gasteiger partial charge in [0.1, 0.15) is 5.82 Å². The molecule has 1 amide bonds. The van der Waals surface area contributed by atoms with Gasteiger partial charge in [-0.15, -0.1) is 0 Å². The van der Waals surface area contributed by atoms with E-state index < -0.39 is 35.2 Å². The number of ketones is 1. The maximum atomic E-state index is 15.1. The van der Waals surface area contributed by atoms with Gasteiger partial charge in [-0.1, -0.05) is 18.6 Å². The van der Waals surface area contributed by atoms with Crippen molar-refractivity contribution in [1.82, 2.24) is 9.80 Å². The van der Waals surface area contributed by atoms with Crippen LogP contribution in [0.4, 0.5) is 22.0 Å². The second-order valence-electron chi connectivity index (χ2n) is 11.8. The van der Waals surface area contributed by atoms with Crippen LogP contribution < -0.4 is 10.5 Å². The predicted octanol–water partition coefficient (Wildman–Crippen LogP) is 5.59. The molecule has 42 heavy (non-hydrogen) atoms. The summed E-state index contributed by atoms with van der Waals surface area (Å²) in [6.45, 7) is 1.60.